The minimum absolute atomic E-state index is 0.199. The van der Waals surface area contributed by atoms with Crippen LogP contribution in [-0.2, 0) is 11.3 Å². The minimum Gasteiger partial charge on any atom is -0.480 e. The first-order valence-corrected chi connectivity index (χ1v) is 9.10. The van der Waals surface area contributed by atoms with Crippen LogP contribution in [0.3, 0.4) is 0 Å². The molecule has 1 aliphatic heterocycles. The number of aryl methyl sites for hydroxylation is 1. The van der Waals surface area contributed by atoms with Gasteiger partial charge < -0.3 is 19.4 Å². The van der Waals surface area contributed by atoms with Gasteiger partial charge in [0.2, 0.25) is 11.6 Å². The third-order valence-electron chi connectivity index (χ3n) is 4.49. The SMILES string of the molecule is Cc1ccc(Cl)c(N2CCN(c3cc(-c4nnn(CC(=O)O)n4)on3)CC2)c1. The summed E-state index contributed by atoms with van der Waals surface area (Å²) in [4.78, 5) is 16.1. The number of aliphatic carboxylic acids is 1. The van der Waals surface area contributed by atoms with Gasteiger partial charge in [-0.2, -0.15) is 4.80 Å². The number of carbonyl (C=O) groups is 1. The lowest BCUT2D eigenvalue weighted by atomic mass is 10.2. The molecular weight excluding hydrogens is 386 g/mol. The highest BCUT2D eigenvalue weighted by molar-refractivity contribution is 6.33. The van der Waals surface area contributed by atoms with Crippen LogP contribution in [0.15, 0.2) is 28.8 Å². The monoisotopic (exact) mass is 403 g/mol. The summed E-state index contributed by atoms with van der Waals surface area (Å²) in [6.45, 7) is 4.81. The van der Waals surface area contributed by atoms with Gasteiger partial charge in [-0.05, 0) is 29.8 Å². The van der Waals surface area contributed by atoms with Gasteiger partial charge >= 0.3 is 5.97 Å². The Morgan fingerprint density at radius 1 is 1.21 bits per heavy atom. The number of piperazine rings is 1. The van der Waals surface area contributed by atoms with Crippen LogP contribution in [0.25, 0.3) is 11.6 Å². The molecule has 0 saturated carbocycles. The molecule has 0 atom stereocenters. The van der Waals surface area contributed by atoms with Crippen LogP contribution >= 0.6 is 11.6 Å². The molecule has 11 heteroatoms. The van der Waals surface area contributed by atoms with E-state index in [9.17, 15) is 4.79 Å². The Balaban J connectivity index is 1.42. The maximum atomic E-state index is 10.7. The third kappa shape index (κ3) is 3.77. The topological polar surface area (TPSA) is 113 Å². The number of halogens is 1. The minimum atomic E-state index is -1.05. The van der Waals surface area contributed by atoms with Crippen molar-refractivity contribution >= 4 is 29.1 Å². The van der Waals surface area contributed by atoms with Crippen LogP contribution in [-0.4, -0.2) is 62.6 Å². The van der Waals surface area contributed by atoms with E-state index in [4.69, 9.17) is 21.2 Å². The molecule has 1 N–H and O–H groups in total. The first-order chi connectivity index (χ1) is 13.5. The van der Waals surface area contributed by atoms with E-state index in [-0.39, 0.29) is 12.4 Å². The van der Waals surface area contributed by atoms with Gasteiger partial charge in [-0.1, -0.05) is 22.8 Å². The van der Waals surface area contributed by atoms with Crippen molar-refractivity contribution in [3.05, 3.63) is 34.9 Å². The lowest BCUT2D eigenvalue weighted by Crippen LogP contribution is -2.46. The molecule has 0 amide bonds. The number of hydrogen-bond acceptors (Lipinski definition) is 8. The molecule has 0 aliphatic carbocycles. The number of aromatic nitrogens is 5. The average Bonchev–Trinajstić information content (AvgIpc) is 3.33. The van der Waals surface area contributed by atoms with E-state index in [1.807, 2.05) is 19.1 Å². The van der Waals surface area contributed by atoms with Crippen molar-refractivity contribution in [2.45, 2.75) is 13.5 Å². The van der Waals surface area contributed by atoms with Crippen molar-refractivity contribution in [1.29, 1.82) is 0 Å². The molecule has 0 spiro atoms. The number of rotatable bonds is 5. The van der Waals surface area contributed by atoms with E-state index in [1.54, 1.807) is 6.07 Å². The second-order valence-electron chi connectivity index (χ2n) is 6.52. The maximum Gasteiger partial charge on any atom is 0.327 e. The standard InChI is InChI=1S/C17H18ClN7O3/c1-11-2-3-12(18)13(8-11)23-4-6-24(7-5-23)15-9-14(28-21-15)17-19-22-25(20-17)10-16(26)27/h2-3,8-9H,4-7,10H2,1H3,(H,26,27). The maximum absolute atomic E-state index is 10.7. The molecule has 2 aromatic heterocycles. The van der Waals surface area contributed by atoms with Crippen LogP contribution in [0.5, 0.6) is 0 Å². The fraction of sp³-hybridized carbons (Fsp3) is 0.353. The van der Waals surface area contributed by atoms with Gasteiger partial charge in [-0.3, -0.25) is 4.79 Å². The largest absolute Gasteiger partial charge is 0.480 e. The number of benzene rings is 1. The fourth-order valence-electron chi connectivity index (χ4n) is 3.09. The summed E-state index contributed by atoms with van der Waals surface area (Å²) in [7, 11) is 0. The van der Waals surface area contributed by atoms with E-state index < -0.39 is 5.97 Å². The normalized spacial score (nSPS) is 14.5. The van der Waals surface area contributed by atoms with Crippen LogP contribution in [0.2, 0.25) is 5.02 Å². The molecule has 28 heavy (non-hydrogen) atoms. The van der Waals surface area contributed by atoms with E-state index in [1.165, 1.54) is 5.56 Å². The van der Waals surface area contributed by atoms with Gasteiger partial charge in [0.05, 0.1) is 10.7 Å². The van der Waals surface area contributed by atoms with Gasteiger partial charge in [0.1, 0.15) is 0 Å². The molecule has 0 radical (unpaired) electrons. The molecule has 0 unspecified atom stereocenters. The van der Waals surface area contributed by atoms with Gasteiger partial charge in [0, 0.05) is 32.2 Å². The zero-order valence-electron chi connectivity index (χ0n) is 15.1. The van der Waals surface area contributed by atoms with Crippen molar-refractivity contribution in [2.75, 3.05) is 36.0 Å². The lowest BCUT2D eigenvalue weighted by molar-refractivity contribution is -0.138. The number of carboxylic acids is 1. The summed E-state index contributed by atoms with van der Waals surface area (Å²) in [5.74, 6) is 0.175. The predicted molar refractivity (Wildman–Crippen MR) is 102 cm³/mol. The summed E-state index contributed by atoms with van der Waals surface area (Å²) in [6.07, 6.45) is 0. The predicted octanol–water partition coefficient (Wildman–Crippen LogP) is 1.70. The van der Waals surface area contributed by atoms with E-state index in [0.29, 0.717) is 11.6 Å². The summed E-state index contributed by atoms with van der Waals surface area (Å²) in [6, 6.07) is 7.75. The summed E-state index contributed by atoms with van der Waals surface area (Å²) in [5, 5.41) is 25.1. The number of hydrogen-bond donors (Lipinski definition) is 1. The van der Waals surface area contributed by atoms with Gasteiger partial charge in [-0.15, -0.1) is 10.2 Å². The van der Waals surface area contributed by atoms with E-state index >= 15 is 0 Å². The Kier molecular flexibility index (Phi) is 4.86. The van der Waals surface area contributed by atoms with Crippen LogP contribution in [0.4, 0.5) is 11.5 Å². The molecule has 4 rings (SSSR count). The molecule has 1 aliphatic rings. The Labute approximate surface area is 165 Å². The molecule has 1 saturated heterocycles. The molecule has 146 valence electrons. The molecule has 10 nitrogen and oxygen atoms in total. The number of carboxylic acid groups (broad SMARTS) is 1. The van der Waals surface area contributed by atoms with E-state index in [0.717, 1.165) is 41.7 Å². The third-order valence-corrected chi connectivity index (χ3v) is 4.81. The van der Waals surface area contributed by atoms with Gasteiger partial charge in [-0.25, -0.2) is 0 Å². The summed E-state index contributed by atoms with van der Waals surface area (Å²) >= 11 is 6.35. The fourth-order valence-corrected chi connectivity index (χ4v) is 3.33. The van der Waals surface area contributed by atoms with Crippen molar-refractivity contribution in [2.24, 2.45) is 0 Å². The van der Waals surface area contributed by atoms with E-state index in [2.05, 4.69) is 36.4 Å². The number of nitrogens with zero attached hydrogens (tertiary/aromatic N) is 7. The Morgan fingerprint density at radius 2 is 1.96 bits per heavy atom. The quantitative estimate of drug-likeness (QED) is 0.679. The highest BCUT2D eigenvalue weighted by Crippen LogP contribution is 2.29. The summed E-state index contributed by atoms with van der Waals surface area (Å²) < 4.78 is 5.32. The Bertz CT molecular complexity index is 994. The van der Waals surface area contributed by atoms with Crippen molar-refractivity contribution in [3.63, 3.8) is 0 Å². The van der Waals surface area contributed by atoms with Gasteiger partial charge in [0.25, 0.3) is 0 Å². The summed E-state index contributed by atoms with van der Waals surface area (Å²) in [5.41, 5.74) is 2.22. The second kappa shape index (κ2) is 7.47. The van der Waals surface area contributed by atoms with Crippen molar-refractivity contribution in [1.82, 2.24) is 25.4 Å². The Morgan fingerprint density at radius 3 is 2.71 bits per heavy atom. The molecule has 1 fully saturated rings. The van der Waals surface area contributed by atoms with Crippen LogP contribution in [0.1, 0.15) is 5.56 Å². The first kappa shape index (κ1) is 18.2. The van der Waals surface area contributed by atoms with Crippen molar-refractivity contribution in [3.8, 4) is 11.6 Å². The average molecular weight is 404 g/mol. The Hall–Kier alpha value is -3.14. The smallest absolute Gasteiger partial charge is 0.327 e. The molecule has 3 heterocycles. The lowest BCUT2D eigenvalue weighted by Gasteiger charge is -2.36. The molecule has 1 aromatic carbocycles. The highest BCUT2D eigenvalue weighted by Gasteiger charge is 2.23. The van der Waals surface area contributed by atoms with Crippen LogP contribution in [0, 0.1) is 6.92 Å². The second-order valence-corrected chi connectivity index (χ2v) is 6.92. The first-order valence-electron chi connectivity index (χ1n) is 8.72. The zero-order valence-corrected chi connectivity index (χ0v) is 15.9. The zero-order chi connectivity index (χ0) is 19.7. The molecule has 3 aromatic rings. The highest BCUT2D eigenvalue weighted by atomic mass is 35.5. The number of tetrazole rings is 1. The molecular formula is C17H18ClN7O3. The number of anilines is 2. The molecule has 0 bridgehead atoms. The van der Waals surface area contributed by atoms with Crippen LogP contribution < -0.4 is 9.80 Å². The van der Waals surface area contributed by atoms with Crippen molar-refractivity contribution < 1.29 is 14.4 Å². The van der Waals surface area contributed by atoms with Gasteiger partial charge in [0.15, 0.2) is 12.4 Å².